The fourth-order valence-electron chi connectivity index (χ4n) is 0.427. The van der Waals surface area contributed by atoms with Crippen LogP contribution in [0, 0.1) is 0 Å². The molecule has 1 atom stereocenters. The van der Waals surface area contributed by atoms with Crippen molar-refractivity contribution in [1.82, 2.24) is 0 Å². The van der Waals surface area contributed by atoms with Crippen LogP contribution in [-0.2, 0) is 0 Å². The van der Waals surface area contributed by atoms with Gasteiger partial charge in [0, 0.05) is 4.88 Å². The zero-order chi connectivity index (χ0) is 5.98. The van der Waals surface area contributed by atoms with Crippen LogP contribution >= 0.6 is 33.9 Å². The van der Waals surface area contributed by atoms with Gasteiger partial charge in [-0.2, -0.15) is 0 Å². The Kier molecular flexibility index (Phi) is 2.27. The molecule has 0 aliphatic heterocycles. The predicted octanol–water partition coefficient (Wildman–Crippen LogP) is 2.17. The monoisotopic (exact) mass is 240 g/mol. The Morgan fingerprint density at radius 3 is 2.75 bits per heavy atom. The Labute approximate surface area is 65.5 Å². The van der Waals surface area contributed by atoms with Crippen LogP contribution in [0.3, 0.4) is 0 Å². The summed E-state index contributed by atoms with van der Waals surface area (Å²) >= 11 is 3.54. The first-order valence-corrected chi connectivity index (χ1v) is 4.29. The van der Waals surface area contributed by atoms with Gasteiger partial charge in [0.05, 0.1) is 0 Å². The Hall–Kier alpha value is 0.390. The molecule has 0 aliphatic carbocycles. The highest BCUT2D eigenvalue weighted by Gasteiger charge is 1.99. The highest BCUT2D eigenvalue weighted by molar-refractivity contribution is 14.1. The molecule has 0 bridgehead atoms. The fourth-order valence-corrected chi connectivity index (χ4v) is 1.66. The molecule has 0 spiro atoms. The Morgan fingerprint density at radius 1 is 1.75 bits per heavy atom. The minimum absolute atomic E-state index is 0.326. The minimum atomic E-state index is -0.326. The molecule has 1 unspecified atom stereocenters. The second-order valence-corrected chi connectivity index (χ2v) is 3.51. The Balaban J connectivity index is 2.77. The second kappa shape index (κ2) is 2.80. The van der Waals surface area contributed by atoms with Gasteiger partial charge in [-0.25, -0.2) is 0 Å². The number of halogens is 1. The summed E-state index contributed by atoms with van der Waals surface area (Å²) in [4.78, 5) is 1.02. The number of alkyl halides is 1. The van der Waals surface area contributed by atoms with E-state index in [9.17, 15) is 0 Å². The third-order valence-electron chi connectivity index (χ3n) is 0.778. The molecule has 0 aliphatic rings. The van der Waals surface area contributed by atoms with E-state index >= 15 is 0 Å². The molecule has 0 saturated heterocycles. The Morgan fingerprint density at radius 2 is 2.50 bits per heavy atom. The number of rotatable bonds is 1. The van der Waals surface area contributed by atoms with Crippen molar-refractivity contribution in [2.75, 3.05) is 0 Å². The van der Waals surface area contributed by atoms with E-state index in [1.54, 1.807) is 11.3 Å². The summed E-state index contributed by atoms with van der Waals surface area (Å²) in [6.07, 6.45) is 0. The molecule has 1 aromatic rings. The van der Waals surface area contributed by atoms with Gasteiger partial charge in [0.15, 0.2) is 0 Å². The van der Waals surface area contributed by atoms with Crippen LogP contribution in [0.25, 0.3) is 0 Å². The summed E-state index contributed by atoms with van der Waals surface area (Å²) in [5.41, 5.74) is 0. The number of aliphatic hydroxyl groups excluding tert-OH is 1. The van der Waals surface area contributed by atoms with E-state index in [0.717, 1.165) is 4.88 Å². The van der Waals surface area contributed by atoms with Gasteiger partial charge in [-0.3, -0.25) is 0 Å². The smallest absolute Gasteiger partial charge is 0.139 e. The lowest BCUT2D eigenvalue weighted by molar-refractivity contribution is 0.290. The van der Waals surface area contributed by atoms with E-state index in [2.05, 4.69) is 0 Å². The molecule has 1 nitrogen and oxygen atoms in total. The molecule has 1 N–H and O–H groups in total. The van der Waals surface area contributed by atoms with Crippen molar-refractivity contribution in [2.45, 2.75) is 4.11 Å². The van der Waals surface area contributed by atoms with E-state index in [4.69, 9.17) is 5.11 Å². The van der Waals surface area contributed by atoms with Crippen molar-refractivity contribution in [3.63, 3.8) is 0 Å². The van der Waals surface area contributed by atoms with E-state index in [-0.39, 0.29) is 4.11 Å². The first-order chi connectivity index (χ1) is 3.80. The molecule has 0 aromatic carbocycles. The quantitative estimate of drug-likeness (QED) is 0.589. The third-order valence-corrected chi connectivity index (χ3v) is 2.80. The van der Waals surface area contributed by atoms with Crippen LogP contribution in [0.4, 0.5) is 0 Å². The zero-order valence-corrected chi connectivity index (χ0v) is 7.02. The van der Waals surface area contributed by atoms with Crippen molar-refractivity contribution in [3.05, 3.63) is 22.4 Å². The maximum atomic E-state index is 8.91. The van der Waals surface area contributed by atoms with Gasteiger partial charge in [0.2, 0.25) is 0 Å². The summed E-state index contributed by atoms with van der Waals surface area (Å²) in [6, 6.07) is 3.85. The Bertz CT molecular complexity index is 147. The van der Waals surface area contributed by atoms with Crippen LogP contribution in [-0.4, -0.2) is 5.11 Å². The maximum absolute atomic E-state index is 8.91. The summed E-state index contributed by atoms with van der Waals surface area (Å²) < 4.78 is -0.326. The largest absolute Gasteiger partial charge is 0.377 e. The van der Waals surface area contributed by atoms with Crippen molar-refractivity contribution < 1.29 is 5.11 Å². The van der Waals surface area contributed by atoms with Gasteiger partial charge in [-0.05, 0) is 34.0 Å². The predicted molar refractivity (Wildman–Crippen MR) is 43.3 cm³/mol. The van der Waals surface area contributed by atoms with Crippen molar-refractivity contribution in [2.24, 2.45) is 0 Å². The summed E-state index contributed by atoms with van der Waals surface area (Å²) in [6.45, 7) is 0. The van der Waals surface area contributed by atoms with E-state index in [0.29, 0.717) is 0 Å². The molecular formula is C5H5IOS. The zero-order valence-electron chi connectivity index (χ0n) is 4.04. The van der Waals surface area contributed by atoms with Crippen LogP contribution in [0.2, 0.25) is 0 Å². The SMILES string of the molecule is OC(I)c1cccs1. The van der Waals surface area contributed by atoms with E-state index in [1.165, 1.54) is 0 Å². The highest BCUT2D eigenvalue weighted by Crippen LogP contribution is 2.23. The molecule has 0 fully saturated rings. The second-order valence-electron chi connectivity index (χ2n) is 1.35. The highest BCUT2D eigenvalue weighted by atomic mass is 127. The molecule has 1 rings (SSSR count). The molecule has 0 amide bonds. The van der Waals surface area contributed by atoms with Crippen molar-refractivity contribution in [1.29, 1.82) is 0 Å². The molecule has 3 heteroatoms. The summed E-state index contributed by atoms with van der Waals surface area (Å²) in [5, 5.41) is 10.9. The van der Waals surface area contributed by atoms with Crippen molar-refractivity contribution in [3.8, 4) is 0 Å². The lowest BCUT2D eigenvalue weighted by atomic mass is 10.5. The maximum Gasteiger partial charge on any atom is 0.139 e. The lowest BCUT2D eigenvalue weighted by Crippen LogP contribution is -1.77. The minimum Gasteiger partial charge on any atom is -0.377 e. The van der Waals surface area contributed by atoms with Gasteiger partial charge in [0.1, 0.15) is 4.11 Å². The number of aliphatic hydroxyl groups is 1. The number of hydrogen-bond donors (Lipinski definition) is 1. The molecule has 1 heterocycles. The number of hydrogen-bond acceptors (Lipinski definition) is 2. The third kappa shape index (κ3) is 1.43. The molecule has 44 valence electrons. The normalized spacial score (nSPS) is 13.8. The first-order valence-electron chi connectivity index (χ1n) is 2.16. The molecule has 0 radical (unpaired) electrons. The van der Waals surface area contributed by atoms with Crippen molar-refractivity contribution >= 4 is 33.9 Å². The molecule has 8 heavy (non-hydrogen) atoms. The molecule has 0 saturated carbocycles. The van der Waals surface area contributed by atoms with Crippen LogP contribution in [0.5, 0.6) is 0 Å². The first kappa shape index (κ1) is 6.51. The van der Waals surface area contributed by atoms with Crippen LogP contribution in [0.1, 0.15) is 8.99 Å². The van der Waals surface area contributed by atoms with Gasteiger partial charge in [0.25, 0.3) is 0 Å². The summed E-state index contributed by atoms with van der Waals surface area (Å²) in [7, 11) is 0. The average molecular weight is 240 g/mol. The van der Waals surface area contributed by atoms with E-state index < -0.39 is 0 Å². The van der Waals surface area contributed by atoms with Gasteiger partial charge in [-0.15, -0.1) is 11.3 Å². The fraction of sp³-hybridized carbons (Fsp3) is 0.200. The standard InChI is InChI=1S/C5H5IOS/c6-5(7)4-2-1-3-8-4/h1-3,5,7H. The number of thiophene rings is 1. The van der Waals surface area contributed by atoms with Crippen LogP contribution in [0.15, 0.2) is 17.5 Å². The summed E-state index contributed by atoms with van der Waals surface area (Å²) in [5.74, 6) is 0. The van der Waals surface area contributed by atoms with Gasteiger partial charge < -0.3 is 5.11 Å². The topological polar surface area (TPSA) is 20.2 Å². The molecule has 1 aromatic heterocycles. The average Bonchev–Trinajstić information content (AvgIpc) is 2.12. The van der Waals surface area contributed by atoms with Crippen LogP contribution < -0.4 is 0 Å². The van der Waals surface area contributed by atoms with E-state index in [1.807, 2.05) is 40.1 Å². The molecular weight excluding hydrogens is 235 g/mol. The van der Waals surface area contributed by atoms with Gasteiger partial charge >= 0.3 is 0 Å². The van der Waals surface area contributed by atoms with Gasteiger partial charge in [-0.1, -0.05) is 6.07 Å². The lowest BCUT2D eigenvalue weighted by Gasteiger charge is -1.92.